The number of methoxy groups -OCH3 is 1. The summed E-state index contributed by atoms with van der Waals surface area (Å²) in [5.41, 5.74) is 2.27. The van der Waals surface area contributed by atoms with Gasteiger partial charge in [0.25, 0.3) is 0 Å². The van der Waals surface area contributed by atoms with Gasteiger partial charge in [-0.15, -0.1) is 0 Å². The van der Waals surface area contributed by atoms with Crippen LogP contribution in [-0.2, 0) is 20.8 Å². The van der Waals surface area contributed by atoms with Crippen molar-refractivity contribution in [2.45, 2.75) is 58.9 Å². The Morgan fingerprint density at radius 3 is 2.81 bits per heavy atom. The van der Waals surface area contributed by atoms with E-state index < -0.39 is 0 Å². The minimum absolute atomic E-state index is 0.129. The van der Waals surface area contributed by atoms with E-state index in [1.54, 1.807) is 0 Å². The molecule has 1 fully saturated rings. The Labute approximate surface area is 186 Å². The molecule has 7 heteroatoms. The Bertz CT molecular complexity index is 687. The lowest BCUT2D eigenvalue weighted by atomic mass is 10.1. The Balaban J connectivity index is 1.80. The monoisotopic (exact) mass is 433 g/mol. The molecule has 1 saturated heterocycles. The number of nitrogens with zero attached hydrogens (tertiary/aromatic N) is 1. The van der Waals surface area contributed by atoms with E-state index in [-0.39, 0.29) is 5.97 Å². The Kier molecular flexibility index (Phi) is 11.8. The molecule has 1 atom stereocenters. The Morgan fingerprint density at radius 1 is 1.23 bits per heavy atom. The smallest absolute Gasteiger partial charge is 0.305 e. The summed E-state index contributed by atoms with van der Waals surface area (Å²) < 4.78 is 16.2. The molecule has 0 aromatic heterocycles. The van der Waals surface area contributed by atoms with Crippen molar-refractivity contribution in [3.63, 3.8) is 0 Å². The number of carbonyl (C=O) groups excluding carboxylic acids is 1. The van der Waals surface area contributed by atoms with E-state index in [0.717, 1.165) is 75.7 Å². The first kappa shape index (κ1) is 25.0. The number of carbonyl (C=O) groups is 1. The highest BCUT2D eigenvalue weighted by molar-refractivity contribution is 5.79. The lowest BCUT2D eigenvalue weighted by molar-refractivity contribution is -0.140. The number of esters is 1. The number of ether oxygens (including phenoxy) is 3. The molecule has 31 heavy (non-hydrogen) atoms. The summed E-state index contributed by atoms with van der Waals surface area (Å²) >= 11 is 0. The molecule has 1 unspecified atom stereocenters. The van der Waals surface area contributed by atoms with E-state index in [0.29, 0.717) is 25.5 Å². The molecule has 174 valence electrons. The molecule has 0 aliphatic carbocycles. The first-order chi connectivity index (χ1) is 15.1. The highest BCUT2D eigenvalue weighted by Crippen LogP contribution is 2.23. The predicted molar refractivity (Wildman–Crippen MR) is 124 cm³/mol. The molecule has 1 aromatic carbocycles. The van der Waals surface area contributed by atoms with Gasteiger partial charge in [-0.1, -0.05) is 25.0 Å². The topological polar surface area (TPSA) is 81.2 Å². The van der Waals surface area contributed by atoms with Gasteiger partial charge in [0.15, 0.2) is 5.96 Å². The molecule has 2 N–H and O–H groups in total. The second-order valence-electron chi connectivity index (χ2n) is 8.01. The summed E-state index contributed by atoms with van der Waals surface area (Å²) in [6.07, 6.45) is 5.59. The number of nitrogens with one attached hydrogen (secondary N) is 2. The first-order valence-electron chi connectivity index (χ1n) is 11.5. The van der Waals surface area contributed by atoms with E-state index in [1.807, 2.05) is 0 Å². The summed E-state index contributed by atoms with van der Waals surface area (Å²) in [7, 11) is 1.43. The van der Waals surface area contributed by atoms with Gasteiger partial charge < -0.3 is 24.8 Å². The third-order valence-electron chi connectivity index (χ3n) is 5.30. The average Bonchev–Trinajstić information content (AvgIpc) is 3.29. The highest BCUT2D eigenvalue weighted by Gasteiger charge is 2.17. The van der Waals surface area contributed by atoms with Crippen molar-refractivity contribution in [2.24, 2.45) is 10.9 Å². The van der Waals surface area contributed by atoms with Gasteiger partial charge in [-0.2, -0.15) is 0 Å². The van der Waals surface area contributed by atoms with Gasteiger partial charge in [-0.05, 0) is 44.7 Å². The van der Waals surface area contributed by atoms with Gasteiger partial charge in [0.2, 0.25) is 0 Å². The summed E-state index contributed by atoms with van der Waals surface area (Å²) in [6, 6.07) is 6.30. The zero-order valence-corrected chi connectivity index (χ0v) is 19.4. The van der Waals surface area contributed by atoms with Crippen LogP contribution in [-0.4, -0.2) is 51.9 Å². The number of benzene rings is 1. The summed E-state index contributed by atoms with van der Waals surface area (Å²) in [5.74, 6) is 2.07. The van der Waals surface area contributed by atoms with Gasteiger partial charge in [-0.3, -0.25) is 4.79 Å². The maximum absolute atomic E-state index is 11.1. The largest absolute Gasteiger partial charge is 0.493 e. The maximum atomic E-state index is 11.1. The van der Waals surface area contributed by atoms with Crippen LogP contribution in [0.15, 0.2) is 23.2 Å². The number of aliphatic imine (C=N–C) groups is 1. The minimum atomic E-state index is -0.129. The van der Waals surface area contributed by atoms with Crippen molar-refractivity contribution in [2.75, 3.05) is 40.0 Å². The molecule has 1 aromatic rings. The minimum Gasteiger partial charge on any atom is -0.493 e. The SMILES string of the molecule is CCNC(=NCc1ccc(C)cc1OCC1CCOC1)NCCCCCCC(=O)OC. The van der Waals surface area contributed by atoms with Crippen LogP contribution in [0.2, 0.25) is 0 Å². The van der Waals surface area contributed by atoms with Gasteiger partial charge >= 0.3 is 5.97 Å². The van der Waals surface area contributed by atoms with Crippen LogP contribution in [0.4, 0.5) is 0 Å². The van der Waals surface area contributed by atoms with Crippen molar-refractivity contribution >= 4 is 11.9 Å². The zero-order chi connectivity index (χ0) is 22.3. The summed E-state index contributed by atoms with van der Waals surface area (Å²) in [5, 5.41) is 6.70. The zero-order valence-electron chi connectivity index (χ0n) is 19.4. The second kappa shape index (κ2) is 14.7. The number of unbranched alkanes of at least 4 members (excludes halogenated alkanes) is 3. The lowest BCUT2D eigenvalue weighted by Crippen LogP contribution is -2.37. The molecular weight excluding hydrogens is 394 g/mol. The molecular formula is C24H39N3O4. The van der Waals surface area contributed by atoms with Crippen LogP contribution in [0.5, 0.6) is 5.75 Å². The van der Waals surface area contributed by atoms with Crippen LogP contribution in [0.3, 0.4) is 0 Å². The van der Waals surface area contributed by atoms with E-state index >= 15 is 0 Å². The average molecular weight is 434 g/mol. The van der Waals surface area contributed by atoms with Gasteiger partial charge in [-0.25, -0.2) is 4.99 Å². The molecule has 0 spiro atoms. The van der Waals surface area contributed by atoms with E-state index in [1.165, 1.54) is 12.7 Å². The third kappa shape index (κ3) is 10.0. The summed E-state index contributed by atoms with van der Waals surface area (Å²) in [6.45, 7) is 8.68. The molecule has 2 rings (SSSR count). The summed E-state index contributed by atoms with van der Waals surface area (Å²) in [4.78, 5) is 15.9. The van der Waals surface area contributed by atoms with Crippen LogP contribution in [0.25, 0.3) is 0 Å². The van der Waals surface area contributed by atoms with Crippen LogP contribution in [0.1, 0.15) is 56.6 Å². The number of aryl methyl sites for hydroxylation is 1. The number of rotatable bonds is 13. The number of hydrogen-bond acceptors (Lipinski definition) is 5. The quantitative estimate of drug-likeness (QED) is 0.214. The molecule has 0 radical (unpaired) electrons. The number of guanidine groups is 1. The van der Waals surface area contributed by atoms with Crippen molar-refractivity contribution in [3.8, 4) is 5.75 Å². The Hall–Kier alpha value is -2.28. The fourth-order valence-electron chi connectivity index (χ4n) is 3.41. The molecule has 1 aliphatic heterocycles. The van der Waals surface area contributed by atoms with Crippen LogP contribution < -0.4 is 15.4 Å². The van der Waals surface area contributed by atoms with Crippen molar-refractivity contribution in [3.05, 3.63) is 29.3 Å². The predicted octanol–water partition coefficient (Wildman–Crippen LogP) is 3.59. The standard InChI is InChI=1S/C24H39N3O4/c1-4-25-24(26-13-8-6-5-7-9-23(28)29-3)27-16-21-11-10-19(2)15-22(21)31-18-20-12-14-30-17-20/h10-11,15,20H,4-9,12-14,16-18H2,1-3H3,(H2,25,26,27). The van der Waals surface area contributed by atoms with Crippen molar-refractivity contribution < 1.29 is 19.0 Å². The normalized spacial score (nSPS) is 16.2. The Morgan fingerprint density at radius 2 is 2.06 bits per heavy atom. The van der Waals surface area contributed by atoms with Gasteiger partial charge in [0.05, 0.1) is 26.9 Å². The molecule has 7 nitrogen and oxygen atoms in total. The van der Waals surface area contributed by atoms with Crippen molar-refractivity contribution in [1.29, 1.82) is 0 Å². The molecule has 0 saturated carbocycles. The highest BCUT2D eigenvalue weighted by atomic mass is 16.5. The molecule has 1 aliphatic rings. The molecule has 0 amide bonds. The molecule has 1 heterocycles. The fraction of sp³-hybridized carbons (Fsp3) is 0.667. The third-order valence-corrected chi connectivity index (χ3v) is 5.30. The van der Waals surface area contributed by atoms with Crippen LogP contribution in [0, 0.1) is 12.8 Å². The van der Waals surface area contributed by atoms with E-state index in [4.69, 9.17) is 14.5 Å². The number of hydrogen-bond donors (Lipinski definition) is 2. The lowest BCUT2D eigenvalue weighted by Gasteiger charge is -2.15. The van der Waals surface area contributed by atoms with E-state index in [9.17, 15) is 4.79 Å². The van der Waals surface area contributed by atoms with E-state index in [2.05, 4.69) is 47.4 Å². The maximum Gasteiger partial charge on any atom is 0.305 e. The second-order valence-corrected chi connectivity index (χ2v) is 8.01. The molecule has 0 bridgehead atoms. The first-order valence-corrected chi connectivity index (χ1v) is 11.5. The van der Waals surface area contributed by atoms with Gasteiger partial charge in [0.1, 0.15) is 5.75 Å². The van der Waals surface area contributed by atoms with Crippen LogP contribution >= 0.6 is 0 Å². The van der Waals surface area contributed by atoms with Gasteiger partial charge in [0, 0.05) is 37.6 Å². The fourth-order valence-corrected chi connectivity index (χ4v) is 3.41. The van der Waals surface area contributed by atoms with Crippen molar-refractivity contribution in [1.82, 2.24) is 10.6 Å².